The molecule has 19 heavy (non-hydrogen) atoms. The van der Waals surface area contributed by atoms with Crippen LogP contribution in [0.25, 0.3) is 0 Å². The Morgan fingerprint density at radius 2 is 2.05 bits per heavy atom. The van der Waals surface area contributed by atoms with E-state index in [2.05, 4.69) is 23.3 Å². The van der Waals surface area contributed by atoms with Gasteiger partial charge in [0.05, 0.1) is 6.04 Å². The van der Waals surface area contributed by atoms with E-state index >= 15 is 0 Å². The summed E-state index contributed by atoms with van der Waals surface area (Å²) in [6.45, 7) is 3.08. The van der Waals surface area contributed by atoms with Gasteiger partial charge in [-0.05, 0) is 24.6 Å². The van der Waals surface area contributed by atoms with Gasteiger partial charge in [0.1, 0.15) is 11.9 Å². The molecule has 0 spiro atoms. The van der Waals surface area contributed by atoms with E-state index in [9.17, 15) is 14.0 Å². The number of benzene rings is 1. The molecule has 1 aromatic rings. The van der Waals surface area contributed by atoms with Crippen LogP contribution in [0.3, 0.4) is 0 Å². The summed E-state index contributed by atoms with van der Waals surface area (Å²) in [6.07, 6.45) is 0. The summed E-state index contributed by atoms with van der Waals surface area (Å²) in [7, 11) is 0. The fourth-order valence-electron chi connectivity index (χ4n) is 1.61. The summed E-state index contributed by atoms with van der Waals surface area (Å²) in [6, 6.07) is 4.96. The van der Waals surface area contributed by atoms with Gasteiger partial charge >= 0.3 is 0 Å². The number of amides is 2. The standard InChI is InChI=1S/C13H17FN2O2S/c1-8(10-4-3-5-11(14)6-10)15-13(18)12(7-19)16-9(2)17/h3-6,8,12,19H,7H2,1-2H3,(H,15,18)(H,16,17). The molecular weight excluding hydrogens is 267 g/mol. The first kappa shape index (κ1) is 15.5. The van der Waals surface area contributed by atoms with Crippen LogP contribution in [0.15, 0.2) is 24.3 Å². The molecular formula is C13H17FN2O2S. The summed E-state index contributed by atoms with van der Waals surface area (Å²) in [5, 5.41) is 5.21. The first-order chi connectivity index (χ1) is 8.93. The number of hydrogen-bond acceptors (Lipinski definition) is 3. The molecule has 2 N–H and O–H groups in total. The van der Waals surface area contributed by atoms with Gasteiger partial charge in [-0.15, -0.1) is 0 Å². The summed E-state index contributed by atoms with van der Waals surface area (Å²) in [5.74, 6) is -0.804. The van der Waals surface area contributed by atoms with E-state index in [1.165, 1.54) is 19.1 Å². The lowest BCUT2D eigenvalue weighted by molar-refractivity contribution is -0.127. The topological polar surface area (TPSA) is 58.2 Å². The van der Waals surface area contributed by atoms with Crippen molar-refractivity contribution >= 4 is 24.4 Å². The number of thiol groups is 1. The predicted molar refractivity (Wildman–Crippen MR) is 74.4 cm³/mol. The van der Waals surface area contributed by atoms with Crippen LogP contribution in [-0.2, 0) is 9.59 Å². The second-order valence-corrected chi connectivity index (χ2v) is 4.59. The molecule has 2 amide bonds. The maximum Gasteiger partial charge on any atom is 0.243 e. The molecule has 0 saturated carbocycles. The third-order valence-electron chi connectivity index (χ3n) is 2.58. The zero-order valence-corrected chi connectivity index (χ0v) is 11.7. The molecule has 0 aliphatic rings. The Labute approximate surface area is 117 Å². The summed E-state index contributed by atoms with van der Waals surface area (Å²) >= 11 is 4.02. The Kier molecular flexibility index (Phi) is 5.82. The van der Waals surface area contributed by atoms with E-state index in [0.29, 0.717) is 5.56 Å². The average molecular weight is 284 g/mol. The highest BCUT2D eigenvalue weighted by Crippen LogP contribution is 2.13. The van der Waals surface area contributed by atoms with Gasteiger partial charge in [0.25, 0.3) is 0 Å². The number of carbonyl (C=O) groups is 2. The summed E-state index contributed by atoms with van der Waals surface area (Å²) < 4.78 is 13.1. The highest BCUT2D eigenvalue weighted by Gasteiger charge is 2.19. The maximum atomic E-state index is 13.1. The predicted octanol–water partition coefficient (Wildman–Crippen LogP) is 1.44. The van der Waals surface area contributed by atoms with E-state index in [1.54, 1.807) is 19.1 Å². The smallest absolute Gasteiger partial charge is 0.243 e. The third-order valence-corrected chi connectivity index (χ3v) is 2.95. The van der Waals surface area contributed by atoms with Crippen molar-refractivity contribution in [3.05, 3.63) is 35.6 Å². The van der Waals surface area contributed by atoms with Gasteiger partial charge in [-0.25, -0.2) is 4.39 Å². The molecule has 0 aromatic heterocycles. The monoisotopic (exact) mass is 284 g/mol. The first-order valence-electron chi connectivity index (χ1n) is 5.88. The van der Waals surface area contributed by atoms with Crippen LogP contribution in [0.1, 0.15) is 25.5 Å². The van der Waals surface area contributed by atoms with Gasteiger partial charge in [0, 0.05) is 12.7 Å². The fraction of sp³-hybridized carbons (Fsp3) is 0.385. The minimum absolute atomic E-state index is 0.196. The first-order valence-corrected chi connectivity index (χ1v) is 6.51. The number of rotatable bonds is 5. The molecule has 0 heterocycles. The fourth-order valence-corrected chi connectivity index (χ4v) is 1.87. The molecule has 6 heteroatoms. The molecule has 1 aromatic carbocycles. The molecule has 0 aliphatic carbocycles. The Morgan fingerprint density at radius 3 is 2.58 bits per heavy atom. The van der Waals surface area contributed by atoms with Crippen molar-refractivity contribution in [2.75, 3.05) is 5.75 Å². The molecule has 1 rings (SSSR count). The van der Waals surface area contributed by atoms with Crippen LogP contribution in [0.5, 0.6) is 0 Å². The van der Waals surface area contributed by atoms with Gasteiger partial charge in [-0.3, -0.25) is 9.59 Å². The lowest BCUT2D eigenvalue weighted by Crippen LogP contribution is -2.47. The minimum atomic E-state index is -0.697. The van der Waals surface area contributed by atoms with Crippen molar-refractivity contribution in [3.8, 4) is 0 Å². The van der Waals surface area contributed by atoms with E-state index in [4.69, 9.17) is 0 Å². The van der Waals surface area contributed by atoms with E-state index in [0.717, 1.165) is 0 Å². The van der Waals surface area contributed by atoms with Gasteiger partial charge in [-0.2, -0.15) is 12.6 Å². The van der Waals surface area contributed by atoms with E-state index in [1.807, 2.05) is 0 Å². The molecule has 0 radical (unpaired) electrons. The van der Waals surface area contributed by atoms with Crippen molar-refractivity contribution in [3.63, 3.8) is 0 Å². The Morgan fingerprint density at radius 1 is 1.37 bits per heavy atom. The molecule has 0 saturated heterocycles. The molecule has 104 valence electrons. The molecule has 0 fully saturated rings. The Hall–Kier alpha value is -1.56. The average Bonchev–Trinajstić information content (AvgIpc) is 2.35. The lowest BCUT2D eigenvalue weighted by Gasteiger charge is -2.19. The minimum Gasteiger partial charge on any atom is -0.348 e. The molecule has 0 bridgehead atoms. The largest absolute Gasteiger partial charge is 0.348 e. The van der Waals surface area contributed by atoms with Crippen molar-refractivity contribution < 1.29 is 14.0 Å². The highest BCUT2D eigenvalue weighted by molar-refractivity contribution is 7.80. The molecule has 2 unspecified atom stereocenters. The highest BCUT2D eigenvalue weighted by atomic mass is 32.1. The van der Waals surface area contributed by atoms with Crippen LogP contribution in [0.4, 0.5) is 4.39 Å². The normalized spacial score (nSPS) is 13.5. The second-order valence-electron chi connectivity index (χ2n) is 4.22. The maximum absolute atomic E-state index is 13.1. The summed E-state index contributed by atoms with van der Waals surface area (Å²) in [4.78, 5) is 22.9. The number of halogens is 1. The van der Waals surface area contributed by atoms with Crippen molar-refractivity contribution in [2.45, 2.75) is 25.9 Å². The Bertz CT molecular complexity index is 468. The molecule has 4 nitrogen and oxygen atoms in total. The van der Waals surface area contributed by atoms with Crippen molar-refractivity contribution in [2.24, 2.45) is 0 Å². The van der Waals surface area contributed by atoms with Crippen LogP contribution >= 0.6 is 12.6 Å². The quantitative estimate of drug-likeness (QED) is 0.717. The Balaban J connectivity index is 2.67. The zero-order valence-electron chi connectivity index (χ0n) is 10.8. The van der Waals surface area contributed by atoms with E-state index in [-0.39, 0.29) is 29.4 Å². The van der Waals surface area contributed by atoms with Gasteiger partial charge in [-0.1, -0.05) is 12.1 Å². The molecule has 2 atom stereocenters. The number of hydrogen-bond donors (Lipinski definition) is 3. The second kappa shape index (κ2) is 7.13. The van der Waals surface area contributed by atoms with Gasteiger partial charge in [0.2, 0.25) is 11.8 Å². The van der Waals surface area contributed by atoms with Crippen molar-refractivity contribution in [1.29, 1.82) is 0 Å². The summed E-state index contributed by atoms with van der Waals surface area (Å²) in [5.41, 5.74) is 0.661. The van der Waals surface area contributed by atoms with E-state index < -0.39 is 6.04 Å². The van der Waals surface area contributed by atoms with Crippen LogP contribution in [0.2, 0.25) is 0 Å². The third kappa shape index (κ3) is 4.90. The van der Waals surface area contributed by atoms with Crippen molar-refractivity contribution in [1.82, 2.24) is 10.6 Å². The SMILES string of the molecule is CC(=O)NC(CS)C(=O)NC(C)c1cccc(F)c1. The zero-order chi connectivity index (χ0) is 14.4. The molecule has 0 aliphatic heterocycles. The van der Waals surface area contributed by atoms with Crippen LogP contribution in [0, 0.1) is 5.82 Å². The number of carbonyl (C=O) groups excluding carboxylic acids is 2. The number of nitrogens with one attached hydrogen (secondary N) is 2. The van der Waals surface area contributed by atoms with Gasteiger partial charge < -0.3 is 10.6 Å². The lowest BCUT2D eigenvalue weighted by atomic mass is 10.1. The van der Waals surface area contributed by atoms with Crippen LogP contribution < -0.4 is 10.6 Å². The van der Waals surface area contributed by atoms with Gasteiger partial charge in [0.15, 0.2) is 0 Å². The van der Waals surface area contributed by atoms with Crippen LogP contribution in [-0.4, -0.2) is 23.6 Å².